The Labute approximate surface area is 332 Å². The quantitative estimate of drug-likeness (QED) is 0.0825. The van der Waals surface area contributed by atoms with E-state index in [0.717, 1.165) is 54.7 Å². The molecule has 3 fully saturated rings. The number of amides is 2. The molecule has 0 radical (unpaired) electrons. The van der Waals surface area contributed by atoms with Crippen LogP contribution in [-0.4, -0.2) is 89.4 Å². The number of likely N-dealkylation sites (N-methyl/N-ethyl adjacent to an activating group) is 1. The summed E-state index contributed by atoms with van der Waals surface area (Å²) in [7, 11) is 1.79. The summed E-state index contributed by atoms with van der Waals surface area (Å²) < 4.78 is 12.2. The van der Waals surface area contributed by atoms with Crippen LogP contribution in [0.2, 0.25) is 0 Å². The van der Waals surface area contributed by atoms with Gasteiger partial charge in [-0.3, -0.25) is 14.5 Å². The molecule has 2 bridgehead atoms. The predicted octanol–water partition coefficient (Wildman–Crippen LogP) is 5.44. The number of nitrogens with one attached hydrogen (secondary N) is 3. The molecule has 12 heteroatoms. The SMILES string of the molecule is CN(CCCNC[C@H](O)c1ccc(O)c2[nH]c(=O)ccc12)C(=O)Cc1ccc(COc2cccc([C@@H](NC(=O)O[C@H]3CN4CCC3CC4)c3ccccc3)c2)cc1. The number of nitrogens with zero attached hydrogens (tertiary/aromatic N) is 2. The van der Waals surface area contributed by atoms with E-state index in [0.29, 0.717) is 54.3 Å². The first-order valence-corrected chi connectivity index (χ1v) is 19.7. The second-order valence-corrected chi connectivity index (χ2v) is 15.1. The molecule has 5 N–H and O–H groups in total. The van der Waals surface area contributed by atoms with Gasteiger partial charge in [-0.2, -0.15) is 0 Å². The van der Waals surface area contributed by atoms with Crippen LogP contribution in [0, 0.1) is 5.92 Å². The van der Waals surface area contributed by atoms with E-state index in [9.17, 15) is 24.6 Å². The van der Waals surface area contributed by atoms with E-state index in [1.165, 1.54) is 12.1 Å². The molecule has 3 aliphatic rings. The Hall–Kier alpha value is -5.69. The summed E-state index contributed by atoms with van der Waals surface area (Å²) >= 11 is 0. The summed E-state index contributed by atoms with van der Waals surface area (Å²) in [5.41, 5.74) is 4.28. The Morgan fingerprint density at radius 2 is 1.68 bits per heavy atom. The van der Waals surface area contributed by atoms with E-state index in [1.54, 1.807) is 24.1 Å². The van der Waals surface area contributed by atoms with Crippen molar-refractivity contribution in [1.82, 2.24) is 25.4 Å². The molecule has 0 spiro atoms. The van der Waals surface area contributed by atoms with Gasteiger partial charge in [0.15, 0.2) is 0 Å². The first-order chi connectivity index (χ1) is 27.7. The lowest BCUT2D eigenvalue weighted by Gasteiger charge is -2.43. The van der Waals surface area contributed by atoms with Gasteiger partial charge in [-0.05, 0) is 96.9 Å². The summed E-state index contributed by atoms with van der Waals surface area (Å²) in [6.07, 6.45) is 1.78. The Balaban J connectivity index is 0.858. The number of pyridine rings is 1. The van der Waals surface area contributed by atoms with Crippen LogP contribution < -0.4 is 20.9 Å². The molecule has 12 nitrogen and oxygen atoms in total. The van der Waals surface area contributed by atoms with Gasteiger partial charge in [0, 0.05) is 38.1 Å². The summed E-state index contributed by atoms with van der Waals surface area (Å²) in [4.78, 5) is 44.6. The third kappa shape index (κ3) is 10.2. The normalized spacial score (nSPS) is 18.5. The minimum atomic E-state index is -0.844. The number of aromatic nitrogens is 1. The van der Waals surface area contributed by atoms with Gasteiger partial charge in [-0.25, -0.2) is 4.79 Å². The summed E-state index contributed by atoms with van der Waals surface area (Å²) in [6.45, 7) is 4.73. The summed E-state index contributed by atoms with van der Waals surface area (Å²) in [6, 6.07) is 31.1. The molecule has 8 rings (SSSR count). The number of hydrogen-bond donors (Lipinski definition) is 5. The molecule has 3 atom stereocenters. The molecule has 4 aromatic carbocycles. The highest BCUT2D eigenvalue weighted by Crippen LogP contribution is 2.31. The van der Waals surface area contributed by atoms with Gasteiger partial charge in [0.25, 0.3) is 0 Å². The van der Waals surface area contributed by atoms with Crippen molar-refractivity contribution in [3.05, 3.63) is 141 Å². The predicted molar refractivity (Wildman–Crippen MR) is 218 cm³/mol. The summed E-state index contributed by atoms with van der Waals surface area (Å²) in [5.74, 6) is 1.06. The monoisotopic (exact) mass is 773 g/mol. The molecule has 0 saturated carbocycles. The van der Waals surface area contributed by atoms with Gasteiger partial charge in [0.05, 0.1) is 24.1 Å². The van der Waals surface area contributed by atoms with Gasteiger partial charge >= 0.3 is 6.09 Å². The molecular formula is C45H51N5O7. The van der Waals surface area contributed by atoms with E-state index < -0.39 is 18.2 Å². The number of benzene rings is 4. The zero-order chi connectivity index (χ0) is 39.7. The lowest BCUT2D eigenvalue weighted by molar-refractivity contribution is -0.129. The molecule has 3 saturated heterocycles. The van der Waals surface area contributed by atoms with E-state index >= 15 is 0 Å². The average molecular weight is 774 g/mol. The molecule has 3 aliphatic heterocycles. The number of ether oxygens (including phenoxy) is 2. The second kappa shape index (κ2) is 18.5. The van der Waals surface area contributed by atoms with Crippen LogP contribution in [-0.2, 0) is 22.6 Å². The minimum Gasteiger partial charge on any atom is -0.506 e. The van der Waals surface area contributed by atoms with Crippen molar-refractivity contribution >= 4 is 22.9 Å². The lowest BCUT2D eigenvalue weighted by Crippen LogP contribution is -2.52. The molecular weight excluding hydrogens is 723 g/mol. The van der Waals surface area contributed by atoms with Crippen molar-refractivity contribution < 1.29 is 29.3 Å². The van der Waals surface area contributed by atoms with E-state index in [-0.39, 0.29) is 36.3 Å². The highest BCUT2D eigenvalue weighted by atomic mass is 16.6. The Morgan fingerprint density at radius 3 is 2.44 bits per heavy atom. The number of carbonyl (C=O) groups excluding carboxylic acids is 2. The summed E-state index contributed by atoms with van der Waals surface area (Å²) in [5, 5.41) is 27.8. The molecule has 298 valence electrons. The van der Waals surface area contributed by atoms with Gasteiger partial charge in [0.2, 0.25) is 11.5 Å². The number of alkyl carbamates (subject to hydrolysis) is 1. The molecule has 5 aromatic rings. The van der Waals surface area contributed by atoms with Crippen LogP contribution in [0.1, 0.15) is 59.2 Å². The maximum absolute atomic E-state index is 13.2. The number of fused-ring (bicyclic) bond motifs is 4. The number of piperidine rings is 3. The fraction of sp³-hybridized carbons (Fsp3) is 0.356. The van der Waals surface area contributed by atoms with E-state index in [4.69, 9.17) is 9.47 Å². The van der Waals surface area contributed by atoms with Crippen LogP contribution in [0.3, 0.4) is 0 Å². The smallest absolute Gasteiger partial charge is 0.408 e. The van der Waals surface area contributed by atoms with Crippen molar-refractivity contribution in [3.8, 4) is 11.5 Å². The van der Waals surface area contributed by atoms with Crippen LogP contribution in [0.15, 0.2) is 108 Å². The number of phenols is 1. The van der Waals surface area contributed by atoms with E-state index in [1.807, 2.05) is 78.9 Å². The number of H-pyrrole nitrogens is 1. The third-order valence-electron chi connectivity index (χ3n) is 11.1. The number of phenolic OH excluding ortho intramolecular Hbond substituents is 1. The van der Waals surface area contributed by atoms with Crippen molar-refractivity contribution in [1.29, 1.82) is 0 Å². The number of carbonyl (C=O) groups is 2. The van der Waals surface area contributed by atoms with Crippen molar-refractivity contribution in [2.45, 2.75) is 50.5 Å². The topological polar surface area (TPSA) is 156 Å². The highest BCUT2D eigenvalue weighted by Gasteiger charge is 2.37. The van der Waals surface area contributed by atoms with Gasteiger partial charge in [-0.1, -0.05) is 72.8 Å². The molecule has 2 amide bonds. The zero-order valence-corrected chi connectivity index (χ0v) is 32.2. The standard InChI is InChI=1S/C45H51N5O7/c1-49(22-6-21-46-27-39(52)36-15-17-38(51)44-37(36)16-18-41(53)47-44)42(54)25-30-11-13-31(14-12-30)29-56-35-10-5-9-34(26-35)43(33-7-3-2-4-8-33)48-45(55)57-40-28-50-23-19-32(40)20-24-50/h2-5,7-18,26,32,39-40,43,46,51-52H,6,19-25,27-29H2,1H3,(H,47,53)(H,48,55)/t39-,40-,43-/m0/s1. The molecule has 1 aromatic heterocycles. The minimum absolute atomic E-state index is 0.00891. The Morgan fingerprint density at radius 1 is 0.930 bits per heavy atom. The number of rotatable bonds is 16. The van der Waals surface area contributed by atoms with Gasteiger partial charge in [0.1, 0.15) is 24.2 Å². The number of aliphatic hydroxyl groups excluding tert-OH is 1. The maximum Gasteiger partial charge on any atom is 0.408 e. The fourth-order valence-corrected chi connectivity index (χ4v) is 7.82. The maximum atomic E-state index is 13.2. The molecule has 4 heterocycles. The van der Waals surface area contributed by atoms with Crippen LogP contribution in [0.4, 0.5) is 4.79 Å². The molecule has 0 unspecified atom stereocenters. The van der Waals surface area contributed by atoms with Crippen LogP contribution >= 0.6 is 0 Å². The molecule has 57 heavy (non-hydrogen) atoms. The fourth-order valence-electron chi connectivity index (χ4n) is 7.82. The largest absolute Gasteiger partial charge is 0.506 e. The first kappa shape index (κ1) is 39.5. The third-order valence-corrected chi connectivity index (χ3v) is 11.1. The number of aliphatic hydroxyl groups is 1. The number of hydrogen-bond acceptors (Lipinski definition) is 9. The van der Waals surface area contributed by atoms with Crippen molar-refractivity contribution in [3.63, 3.8) is 0 Å². The first-order valence-electron chi connectivity index (χ1n) is 19.7. The highest BCUT2D eigenvalue weighted by molar-refractivity contribution is 5.87. The average Bonchev–Trinajstić information content (AvgIpc) is 3.23. The van der Waals surface area contributed by atoms with Gasteiger partial charge in [-0.15, -0.1) is 0 Å². The lowest BCUT2D eigenvalue weighted by atomic mass is 9.86. The van der Waals surface area contributed by atoms with Gasteiger partial charge < -0.3 is 40.2 Å². The van der Waals surface area contributed by atoms with Crippen molar-refractivity contribution in [2.24, 2.45) is 5.92 Å². The molecule has 0 aliphatic carbocycles. The van der Waals surface area contributed by atoms with Crippen LogP contribution in [0.5, 0.6) is 11.5 Å². The Kier molecular flexibility index (Phi) is 12.8. The number of aromatic amines is 1. The van der Waals surface area contributed by atoms with Crippen LogP contribution in [0.25, 0.3) is 10.9 Å². The number of aromatic hydroxyl groups is 1. The zero-order valence-electron chi connectivity index (χ0n) is 32.2. The van der Waals surface area contributed by atoms with E-state index in [2.05, 4.69) is 20.5 Å². The van der Waals surface area contributed by atoms with Crippen molar-refractivity contribution in [2.75, 3.05) is 46.3 Å². The Bertz CT molecular complexity index is 2190. The second-order valence-electron chi connectivity index (χ2n) is 15.1.